The number of nitrogens with two attached hydrogens (primary N) is 1. The molecule has 1 atom stereocenters. The molecule has 0 aliphatic carbocycles. The van der Waals surface area contributed by atoms with Crippen molar-refractivity contribution >= 4 is 0 Å². The number of nitrogens with zero attached hydrogens (tertiary/aromatic N) is 2. The number of hydrogen-bond donors (Lipinski definition) is 3. The number of aromatic amines is 1. The van der Waals surface area contributed by atoms with Gasteiger partial charge in [-0.25, -0.2) is 0 Å². The van der Waals surface area contributed by atoms with Gasteiger partial charge >= 0.3 is 0 Å². The highest BCUT2D eigenvalue weighted by Crippen LogP contribution is 2.47. The Balaban J connectivity index is 1.86. The molecule has 0 amide bonds. The van der Waals surface area contributed by atoms with Gasteiger partial charge in [0.25, 0.3) is 0 Å². The molecule has 8 nitrogen and oxygen atoms in total. The molecule has 31 heavy (non-hydrogen) atoms. The second-order valence-electron chi connectivity index (χ2n) is 6.86. The Labute approximate surface area is 179 Å². The molecule has 0 saturated heterocycles. The second-order valence-corrected chi connectivity index (χ2v) is 6.86. The molecule has 4 rings (SSSR count). The van der Waals surface area contributed by atoms with E-state index < -0.39 is 5.92 Å². The lowest BCUT2D eigenvalue weighted by Gasteiger charge is -2.24. The first kappa shape index (κ1) is 20.2. The van der Waals surface area contributed by atoms with E-state index in [0.717, 1.165) is 16.9 Å². The van der Waals surface area contributed by atoms with Crippen molar-refractivity contribution < 1.29 is 19.3 Å². The Morgan fingerprint density at radius 2 is 1.90 bits per heavy atom. The fraction of sp³-hybridized carbons (Fsp3) is 0.217. The van der Waals surface area contributed by atoms with Gasteiger partial charge in [0.2, 0.25) is 11.8 Å². The highest BCUT2D eigenvalue weighted by molar-refractivity contribution is 5.71. The van der Waals surface area contributed by atoms with Crippen LogP contribution in [0.5, 0.6) is 23.1 Å². The van der Waals surface area contributed by atoms with Gasteiger partial charge < -0.3 is 25.1 Å². The zero-order valence-corrected chi connectivity index (χ0v) is 17.2. The minimum Gasteiger partial charge on any atom is -0.504 e. The van der Waals surface area contributed by atoms with Crippen LogP contribution in [0.3, 0.4) is 0 Å². The fourth-order valence-electron chi connectivity index (χ4n) is 3.66. The maximum absolute atomic E-state index is 10.1. The number of hydrogen-bond acceptors (Lipinski definition) is 7. The fourth-order valence-corrected chi connectivity index (χ4v) is 3.66. The van der Waals surface area contributed by atoms with E-state index in [1.807, 2.05) is 38.1 Å². The summed E-state index contributed by atoms with van der Waals surface area (Å²) in [5.74, 6) is 0.859. The predicted molar refractivity (Wildman–Crippen MR) is 114 cm³/mol. The number of fused-ring (bicyclic) bond motifs is 1. The van der Waals surface area contributed by atoms with Gasteiger partial charge in [0.1, 0.15) is 17.4 Å². The molecule has 0 spiro atoms. The van der Waals surface area contributed by atoms with Crippen molar-refractivity contribution in [3.63, 3.8) is 0 Å². The number of rotatable bonds is 6. The van der Waals surface area contributed by atoms with Crippen molar-refractivity contribution in [2.24, 2.45) is 5.73 Å². The maximum Gasteiger partial charge on any atom is 0.244 e. The van der Waals surface area contributed by atoms with Crippen LogP contribution >= 0.6 is 0 Å². The normalized spacial score (nSPS) is 15.1. The van der Waals surface area contributed by atoms with Crippen molar-refractivity contribution in [1.82, 2.24) is 10.2 Å². The first-order chi connectivity index (χ1) is 15.1. The number of nitrogens with one attached hydrogen (secondary N) is 1. The summed E-state index contributed by atoms with van der Waals surface area (Å²) in [7, 11) is 0. The monoisotopic (exact) mass is 418 g/mol. The molecule has 2 aromatic carbocycles. The highest BCUT2D eigenvalue weighted by Gasteiger charge is 2.36. The Kier molecular flexibility index (Phi) is 5.41. The van der Waals surface area contributed by atoms with Gasteiger partial charge in [-0.15, -0.1) is 5.10 Å². The van der Waals surface area contributed by atoms with Gasteiger partial charge in [-0.05, 0) is 55.8 Å². The molecule has 158 valence electrons. The van der Waals surface area contributed by atoms with Crippen molar-refractivity contribution in [2.45, 2.75) is 19.8 Å². The standard InChI is InChI=1S/C23H22N4O4/c1-3-29-15-8-5-13(6-9-15)21-20-19(14-7-10-17(28)18(11-14)30-4-2)16(12-24)22(25)31-23(20)27-26-21/h5-11,19,28H,3-4,25H2,1-2H3,(H,26,27)/t19-/m1/s1. The summed E-state index contributed by atoms with van der Waals surface area (Å²) in [6.45, 7) is 4.72. The van der Waals surface area contributed by atoms with Crippen LogP contribution in [0.2, 0.25) is 0 Å². The summed E-state index contributed by atoms with van der Waals surface area (Å²) in [4.78, 5) is 0. The van der Waals surface area contributed by atoms with Gasteiger partial charge in [-0.2, -0.15) is 5.26 Å². The van der Waals surface area contributed by atoms with Crippen LogP contribution in [0.25, 0.3) is 11.3 Å². The molecule has 1 aliphatic rings. The van der Waals surface area contributed by atoms with Crippen LogP contribution in [0.15, 0.2) is 53.9 Å². The summed E-state index contributed by atoms with van der Waals surface area (Å²) in [6.07, 6.45) is 0. The van der Waals surface area contributed by atoms with E-state index in [4.69, 9.17) is 19.9 Å². The van der Waals surface area contributed by atoms with Gasteiger partial charge in [0.05, 0.1) is 30.4 Å². The molecule has 3 aromatic rings. The molecular formula is C23H22N4O4. The third-order valence-electron chi connectivity index (χ3n) is 5.01. The van der Waals surface area contributed by atoms with Crippen molar-refractivity contribution in [1.29, 1.82) is 5.26 Å². The van der Waals surface area contributed by atoms with Crippen LogP contribution in [-0.4, -0.2) is 28.5 Å². The molecule has 0 unspecified atom stereocenters. The number of nitriles is 1. The second kappa shape index (κ2) is 8.32. The molecule has 0 radical (unpaired) electrons. The average molecular weight is 418 g/mol. The maximum atomic E-state index is 10.1. The number of aromatic hydroxyl groups is 1. The van der Waals surface area contributed by atoms with Crippen LogP contribution in [0.4, 0.5) is 0 Å². The zero-order valence-electron chi connectivity index (χ0n) is 17.2. The van der Waals surface area contributed by atoms with E-state index in [1.54, 1.807) is 12.1 Å². The molecule has 1 aliphatic heterocycles. The first-order valence-corrected chi connectivity index (χ1v) is 9.92. The van der Waals surface area contributed by atoms with E-state index in [1.165, 1.54) is 6.07 Å². The molecule has 2 heterocycles. The van der Waals surface area contributed by atoms with Gasteiger partial charge in [-0.1, -0.05) is 6.07 Å². The van der Waals surface area contributed by atoms with Crippen LogP contribution in [-0.2, 0) is 0 Å². The van der Waals surface area contributed by atoms with E-state index in [9.17, 15) is 10.4 Å². The Hall–Kier alpha value is -4.12. The van der Waals surface area contributed by atoms with E-state index in [-0.39, 0.29) is 17.2 Å². The molecule has 0 saturated carbocycles. The lowest BCUT2D eigenvalue weighted by molar-refractivity contribution is 0.317. The molecular weight excluding hydrogens is 396 g/mol. The van der Waals surface area contributed by atoms with Gasteiger partial charge in [-0.3, -0.25) is 5.10 Å². The summed E-state index contributed by atoms with van der Waals surface area (Å²) < 4.78 is 16.7. The molecule has 4 N–H and O–H groups in total. The number of benzene rings is 2. The van der Waals surface area contributed by atoms with Crippen LogP contribution in [0, 0.1) is 11.3 Å². The van der Waals surface area contributed by atoms with Crippen LogP contribution < -0.4 is 19.9 Å². The molecule has 8 heteroatoms. The van der Waals surface area contributed by atoms with Gasteiger partial charge in [0, 0.05) is 5.56 Å². The summed E-state index contributed by atoms with van der Waals surface area (Å²) in [5, 5.41) is 27.3. The van der Waals surface area contributed by atoms with E-state index in [0.29, 0.717) is 36.1 Å². The predicted octanol–water partition coefficient (Wildman–Crippen LogP) is 3.80. The summed E-state index contributed by atoms with van der Waals surface area (Å²) in [6, 6.07) is 14.7. The number of H-pyrrole nitrogens is 1. The van der Waals surface area contributed by atoms with Crippen molar-refractivity contribution in [3.8, 4) is 40.5 Å². The van der Waals surface area contributed by atoms with Crippen LogP contribution in [0.1, 0.15) is 30.9 Å². The Bertz CT molecular complexity index is 1180. The minimum absolute atomic E-state index is 0.00391. The van der Waals surface area contributed by atoms with E-state index >= 15 is 0 Å². The van der Waals surface area contributed by atoms with Crippen molar-refractivity contribution in [2.75, 3.05) is 13.2 Å². The number of allylic oxidation sites excluding steroid dienone is 1. The third kappa shape index (κ3) is 3.62. The number of phenolic OH excluding ortho intramolecular Hbond substituents is 1. The Morgan fingerprint density at radius 3 is 2.58 bits per heavy atom. The largest absolute Gasteiger partial charge is 0.504 e. The lowest BCUT2D eigenvalue weighted by atomic mass is 9.83. The molecule has 0 fully saturated rings. The molecule has 0 bridgehead atoms. The highest BCUT2D eigenvalue weighted by atomic mass is 16.5. The third-order valence-corrected chi connectivity index (χ3v) is 5.01. The first-order valence-electron chi connectivity index (χ1n) is 9.92. The van der Waals surface area contributed by atoms with Crippen molar-refractivity contribution in [3.05, 3.63) is 65.0 Å². The summed E-state index contributed by atoms with van der Waals surface area (Å²) in [5.41, 5.74) is 9.26. The zero-order chi connectivity index (χ0) is 22.0. The summed E-state index contributed by atoms with van der Waals surface area (Å²) >= 11 is 0. The van der Waals surface area contributed by atoms with E-state index in [2.05, 4.69) is 16.3 Å². The molecule has 1 aromatic heterocycles. The average Bonchev–Trinajstić information content (AvgIpc) is 3.18. The number of ether oxygens (including phenoxy) is 3. The van der Waals surface area contributed by atoms with Gasteiger partial charge in [0.15, 0.2) is 11.5 Å². The number of aromatic nitrogens is 2. The Morgan fingerprint density at radius 1 is 1.16 bits per heavy atom. The smallest absolute Gasteiger partial charge is 0.244 e. The topological polar surface area (TPSA) is 126 Å². The number of phenols is 1. The SMILES string of the molecule is CCOc1ccc(-c2[nH]nc3c2[C@H](c2ccc(O)c(OCC)c2)C(C#N)=C(N)O3)cc1. The minimum atomic E-state index is -0.547. The lowest BCUT2D eigenvalue weighted by Crippen LogP contribution is -2.21. The quantitative estimate of drug-likeness (QED) is 0.556.